The number of nitrogens with zero attached hydrogens (tertiary/aromatic N) is 1. The Morgan fingerprint density at radius 3 is 2.29 bits per heavy atom. The van der Waals surface area contributed by atoms with E-state index in [9.17, 15) is 25.1 Å². The van der Waals surface area contributed by atoms with E-state index >= 15 is 0 Å². The third-order valence-electron chi connectivity index (χ3n) is 2.42. The summed E-state index contributed by atoms with van der Waals surface area (Å²) >= 11 is 0. The zero-order valence-corrected chi connectivity index (χ0v) is 9.24. The summed E-state index contributed by atoms with van der Waals surface area (Å²) in [6.07, 6.45) is -2.74. The van der Waals surface area contributed by atoms with Gasteiger partial charge >= 0.3 is 0 Å². The maximum Gasteiger partial charge on any atom is 0.269 e. The van der Waals surface area contributed by atoms with Crippen molar-refractivity contribution in [3.05, 3.63) is 39.9 Å². The fourth-order valence-electron chi connectivity index (χ4n) is 1.36. The van der Waals surface area contributed by atoms with Crippen LogP contribution in [-0.4, -0.2) is 27.0 Å². The molecule has 0 bridgehead atoms. The van der Waals surface area contributed by atoms with Crippen molar-refractivity contribution in [3.63, 3.8) is 0 Å². The Kier molecular flexibility index (Phi) is 4.30. The van der Waals surface area contributed by atoms with Crippen LogP contribution in [0.1, 0.15) is 25.0 Å². The number of Topliss-reactive ketones (excluding diaryl/α,β-unsaturated/α-hetero) is 1. The van der Waals surface area contributed by atoms with Crippen molar-refractivity contribution in [2.24, 2.45) is 0 Å². The average Bonchev–Trinajstić information content (AvgIpc) is 2.36. The van der Waals surface area contributed by atoms with Gasteiger partial charge in [0.2, 0.25) is 0 Å². The number of carbonyl (C=O) groups is 1. The molecule has 6 heteroatoms. The molecule has 0 fully saturated rings. The molecule has 92 valence electrons. The maximum absolute atomic E-state index is 11.2. The highest BCUT2D eigenvalue weighted by molar-refractivity contribution is 5.83. The second kappa shape index (κ2) is 5.51. The molecule has 6 nitrogen and oxygen atoms in total. The van der Waals surface area contributed by atoms with Crippen LogP contribution >= 0.6 is 0 Å². The third-order valence-corrected chi connectivity index (χ3v) is 2.42. The summed E-state index contributed by atoms with van der Waals surface area (Å²) < 4.78 is 0. The number of carbonyl (C=O) groups excluding carboxylic acids is 1. The predicted octanol–water partition coefficient (Wildman–Crippen LogP) is 0.968. The molecule has 0 radical (unpaired) electrons. The van der Waals surface area contributed by atoms with Gasteiger partial charge in [-0.2, -0.15) is 0 Å². The van der Waals surface area contributed by atoms with Gasteiger partial charge in [-0.25, -0.2) is 0 Å². The quantitative estimate of drug-likeness (QED) is 0.589. The number of aliphatic hydroxyl groups is 2. The molecule has 2 atom stereocenters. The molecule has 0 unspecified atom stereocenters. The summed E-state index contributed by atoms with van der Waals surface area (Å²) in [4.78, 5) is 21.0. The van der Waals surface area contributed by atoms with Crippen LogP contribution in [0.4, 0.5) is 5.69 Å². The second-order valence-corrected chi connectivity index (χ2v) is 3.56. The van der Waals surface area contributed by atoms with Crippen molar-refractivity contribution in [3.8, 4) is 0 Å². The molecule has 0 heterocycles. The first kappa shape index (κ1) is 13.3. The third kappa shape index (κ3) is 3.08. The fraction of sp³-hybridized carbons (Fsp3) is 0.364. The van der Waals surface area contributed by atoms with Crippen LogP contribution in [0.25, 0.3) is 0 Å². The number of benzene rings is 1. The molecule has 1 rings (SSSR count). The molecular formula is C11H13NO5. The zero-order chi connectivity index (χ0) is 13.0. The first-order valence-corrected chi connectivity index (χ1v) is 5.10. The summed E-state index contributed by atoms with van der Waals surface area (Å²) in [6, 6.07) is 5.05. The normalized spacial score (nSPS) is 14.1. The molecule has 2 N–H and O–H groups in total. The predicted molar refractivity (Wildman–Crippen MR) is 59.4 cm³/mol. The minimum atomic E-state index is -1.50. The van der Waals surface area contributed by atoms with E-state index < -0.39 is 22.9 Å². The number of nitro benzene ring substituents is 1. The summed E-state index contributed by atoms with van der Waals surface area (Å²) in [6.45, 7) is 1.58. The van der Waals surface area contributed by atoms with E-state index in [4.69, 9.17) is 0 Å². The van der Waals surface area contributed by atoms with Gasteiger partial charge in [0.15, 0.2) is 5.78 Å². The first-order chi connectivity index (χ1) is 7.97. The largest absolute Gasteiger partial charge is 0.385 e. The number of hydrogen-bond donors (Lipinski definition) is 2. The lowest BCUT2D eigenvalue weighted by molar-refractivity contribution is -0.384. The molecule has 0 amide bonds. The molecule has 0 saturated carbocycles. The average molecular weight is 239 g/mol. The topological polar surface area (TPSA) is 101 Å². The molecule has 0 saturated heterocycles. The number of hydrogen-bond acceptors (Lipinski definition) is 5. The van der Waals surface area contributed by atoms with Gasteiger partial charge in [0, 0.05) is 18.6 Å². The SMILES string of the molecule is CCC(=O)[C@H](O)[C@@H](O)c1ccc([N+](=O)[O-])cc1. The fourth-order valence-corrected chi connectivity index (χ4v) is 1.36. The van der Waals surface area contributed by atoms with Crippen molar-refractivity contribution >= 4 is 11.5 Å². The van der Waals surface area contributed by atoms with Crippen LogP contribution in [0.5, 0.6) is 0 Å². The van der Waals surface area contributed by atoms with Crippen LogP contribution in [0.15, 0.2) is 24.3 Å². The molecule has 17 heavy (non-hydrogen) atoms. The van der Waals surface area contributed by atoms with Gasteiger partial charge in [0.05, 0.1) is 4.92 Å². The highest BCUT2D eigenvalue weighted by atomic mass is 16.6. The van der Waals surface area contributed by atoms with E-state index in [2.05, 4.69) is 0 Å². The van der Waals surface area contributed by atoms with Crippen LogP contribution < -0.4 is 0 Å². The Morgan fingerprint density at radius 1 is 1.35 bits per heavy atom. The van der Waals surface area contributed by atoms with Gasteiger partial charge in [0.25, 0.3) is 5.69 Å². The van der Waals surface area contributed by atoms with Crippen LogP contribution in [0.2, 0.25) is 0 Å². The number of nitro groups is 1. The van der Waals surface area contributed by atoms with Crippen molar-refractivity contribution < 1.29 is 19.9 Å². The molecule has 0 aliphatic carbocycles. The molecular weight excluding hydrogens is 226 g/mol. The Hall–Kier alpha value is -1.79. The number of non-ortho nitro benzene ring substituents is 1. The lowest BCUT2D eigenvalue weighted by Crippen LogP contribution is -2.27. The number of aliphatic hydroxyl groups excluding tert-OH is 2. The van der Waals surface area contributed by atoms with Crippen LogP contribution in [0.3, 0.4) is 0 Å². The summed E-state index contributed by atoms with van der Waals surface area (Å²) in [5, 5.41) is 29.6. The van der Waals surface area contributed by atoms with E-state index in [-0.39, 0.29) is 17.7 Å². The van der Waals surface area contributed by atoms with E-state index in [0.29, 0.717) is 0 Å². The highest BCUT2D eigenvalue weighted by Gasteiger charge is 2.24. The Bertz CT molecular complexity index is 414. The molecule has 0 aliphatic rings. The standard InChI is InChI=1S/C11H13NO5/c1-2-9(13)11(15)10(14)7-3-5-8(6-4-7)12(16)17/h3-6,10-11,14-15H,2H2,1H3/t10-,11-/m0/s1. The number of rotatable bonds is 5. The minimum absolute atomic E-state index is 0.114. The molecule has 1 aromatic carbocycles. The van der Waals surface area contributed by atoms with E-state index in [1.54, 1.807) is 6.92 Å². The zero-order valence-electron chi connectivity index (χ0n) is 9.24. The van der Waals surface area contributed by atoms with Crippen molar-refractivity contribution in [1.82, 2.24) is 0 Å². The van der Waals surface area contributed by atoms with Gasteiger partial charge in [-0.3, -0.25) is 14.9 Å². The van der Waals surface area contributed by atoms with E-state index in [1.807, 2.05) is 0 Å². The van der Waals surface area contributed by atoms with Gasteiger partial charge in [-0.05, 0) is 17.7 Å². The molecule has 0 aromatic heterocycles. The van der Waals surface area contributed by atoms with Crippen molar-refractivity contribution in [2.45, 2.75) is 25.6 Å². The molecule has 1 aromatic rings. The Balaban J connectivity index is 2.86. The smallest absolute Gasteiger partial charge is 0.269 e. The van der Waals surface area contributed by atoms with E-state index in [0.717, 1.165) is 0 Å². The Morgan fingerprint density at radius 2 is 1.88 bits per heavy atom. The van der Waals surface area contributed by atoms with Crippen molar-refractivity contribution in [2.75, 3.05) is 0 Å². The minimum Gasteiger partial charge on any atom is -0.385 e. The maximum atomic E-state index is 11.2. The van der Waals surface area contributed by atoms with Gasteiger partial charge in [0.1, 0.15) is 12.2 Å². The van der Waals surface area contributed by atoms with E-state index in [1.165, 1.54) is 24.3 Å². The Labute approximate surface area is 97.7 Å². The second-order valence-electron chi connectivity index (χ2n) is 3.56. The van der Waals surface area contributed by atoms with Crippen LogP contribution in [0, 0.1) is 10.1 Å². The summed E-state index contributed by atoms with van der Waals surface area (Å²) in [5.41, 5.74) is 0.155. The monoisotopic (exact) mass is 239 g/mol. The summed E-state index contributed by atoms with van der Waals surface area (Å²) in [5.74, 6) is -0.476. The van der Waals surface area contributed by atoms with Gasteiger partial charge in [-0.15, -0.1) is 0 Å². The highest BCUT2D eigenvalue weighted by Crippen LogP contribution is 2.21. The van der Waals surface area contributed by atoms with Crippen LogP contribution in [-0.2, 0) is 4.79 Å². The first-order valence-electron chi connectivity index (χ1n) is 5.10. The lowest BCUT2D eigenvalue weighted by Gasteiger charge is -2.16. The molecule has 0 aliphatic heterocycles. The lowest BCUT2D eigenvalue weighted by atomic mass is 10.00. The number of ketones is 1. The van der Waals surface area contributed by atoms with Gasteiger partial charge in [-0.1, -0.05) is 6.92 Å². The van der Waals surface area contributed by atoms with Gasteiger partial charge < -0.3 is 10.2 Å². The molecule has 0 spiro atoms. The van der Waals surface area contributed by atoms with Crippen molar-refractivity contribution in [1.29, 1.82) is 0 Å². The summed E-state index contributed by atoms with van der Waals surface area (Å²) in [7, 11) is 0.